The van der Waals surface area contributed by atoms with Gasteiger partial charge in [0.25, 0.3) is 0 Å². The lowest BCUT2D eigenvalue weighted by Gasteiger charge is -2.37. The highest BCUT2D eigenvalue weighted by atomic mass is 15.1. The van der Waals surface area contributed by atoms with E-state index in [9.17, 15) is 0 Å². The van der Waals surface area contributed by atoms with Gasteiger partial charge in [0.05, 0.1) is 11.9 Å². The Labute approximate surface area is 171 Å². The summed E-state index contributed by atoms with van der Waals surface area (Å²) in [6.45, 7) is 19.4. The highest BCUT2D eigenvalue weighted by molar-refractivity contribution is 5.61. The minimum atomic E-state index is 0.235. The summed E-state index contributed by atoms with van der Waals surface area (Å²) < 4.78 is 0. The summed E-state index contributed by atoms with van der Waals surface area (Å²) in [5.41, 5.74) is 4.18. The molecular weight excluding hydrogens is 342 g/mol. The standard InChI is InChI=1S/C25H37N3/c1-20(23(25(5,6)7)18-24(2,3)4)10-9-17-28(21-12-15-26-16-13-21)22-11-8-14-27-19-22/h8,11-16,19,23H,1,9-10,17-18H2,2-7H3. The third-order valence-electron chi connectivity index (χ3n) is 5.17. The van der Waals surface area contributed by atoms with Crippen LogP contribution in [-0.4, -0.2) is 16.5 Å². The summed E-state index contributed by atoms with van der Waals surface area (Å²) in [6.07, 6.45) is 10.7. The first-order chi connectivity index (χ1) is 13.1. The number of hydrogen-bond acceptors (Lipinski definition) is 3. The van der Waals surface area contributed by atoms with Gasteiger partial charge in [0, 0.05) is 30.8 Å². The Hall–Kier alpha value is -2.16. The summed E-state index contributed by atoms with van der Waals surface area (Å²) in [5, 5.41) is 0. The predicted octanol–water partition coefficient (Wildman–Crippen LogP) is 7.05. The molecule has 0 aliphatic heterocycles. The molecule has 0 fully saturated rings. The Morgan fingerprint density at radius 2 is 1.64 bits per heavy atom. The summed E-state index contributed by atoms with van der Waals surface area (Å²) in [4.78, 5) is 10.8. The van der Waals surface area contributed by atoms with Gasteiger partial charge in [-0.2, -0.15) is 0 Å². The third-order valence-corrected chi connectivity index (χ3v) is 5.17. The van der Waals surface area contributed by atoms with Crippen molar-refractivity contribution in [1.29, 1.82) is 0 Å². The van der Waals surface area contributed by atoms with Gasteiger partial charge < -0.3 is 4.90 Å². The maximum absolute atomic E-state index is 4.51. The average molecular weight is 380 g/mol. The number of rotatable bonds is 8. The molecule has 0 aliphatic carbocycles. The molecule has 0 aliphatic rings. The number of hydrogen-bond donors (Lipinski definition) is 0. The molecule has 0 radical (unpaired) electrons. The van der Waals surface area contributed by atoms with Gasteiger partial charge in [-0.3, -0.25) is 9.97 Å². The fourth-order valence-electron chi connectivity index (χ4n) is 3.76. The Kier molecular flexibility index (Phi) is 7.40. The van der Waals surface area contributed by atoms with Crippen molar-refractivity contribution in [1.82, 2.24) is 9.97 Å². The smallest absolute Gasteiger partial charge is 0.0597 e. The van der Waals surface area contributed by atoms with Gasteiger partial charge in [-0.25, -0.2) is 0 Å². The molecule has 0 N–H and O–H groups in total. The molecule has 0 saturated carbocycles. The molecule has 152 valence electrons. The van der Waals surface area contributed by atoms with E-state index in [1.165, 1.54) is 12.0 Å². The molecular formula is C25H37N3. The molecule has 28 heavy (non-hydrogen) atoms. The molecule has 3 nitrogen and oxygen atoms in total. The van der Waals surface area contributed by atoms with E-state index in [0.29, 0.717) is 11.3 Å². The lowest BCUT2D eigenvalue weighted by atomic mass is 9.68. The molecule has 0 amide bonds. The van der Waals surface area contributed by atoms with Crippen LogP contribution < -0.4 is 4.90 Å². The molecule has 3 heteroatoms. The summed E-state index contributed by atoms with van der Waals surface area (Å²) in [7, 11) is 0. The van der Waals surface area contributed by atoms with Gasteiger partial charge in [0.1, 0.15) is 0 Å². The second kappa shape index (κ2) is 9.36. The van der Waals surface area contributed by atoms with E-state index in [1.54, 1.807) is 0 Å². The molecule has 2 heterocycles. The monoisotopic (exact) mass is 379 g/mol. The maximum atomic E-state index is 4.51. The summed E-state index contributed by atoms with van der Waals surface area (Å²) >= 11 is 0. The largest absolute Gasteiger partial charge is 0.340 e. The van der Waals surface area contributed by atoms with Crippen molar-refractivity contribution in [2.24, 2.45) is 16.7 Å². The van der Waals surface area contributed by atoms with Gasteiger partial charge in [-0.05, 0) is 60.3 Å². The minimum absolute atomic E-state index is 0.235. The van der Waals surface area contributed by atoms with E-state index >= 15 is 0 Å². The zero-order chi connectivity index (χ0) is 20.8. The molecule has 0 spiro atoms. The molecule has 2 aromatic heterocycles. The quantitative estimate of drug-likeness (QED) is 0.460. The fourth-order valence-corrected chi connectivity index (χ4v) is 3.76. The summed E-state index contributed by atoms with van der Waals surface area (Å²) in [6, 6.07) is 8.21. The molecule has 0 bridgehead atoms. The Morgan fingerprint density at radius 3 is 2.18 bits per heavy atom. The van der Waals surface area contributed by atoms with E-state index in [-0.39, 0.29) is 5.41 Å². The van der Waals surface area contributed by atoms with Crippen molar-refractivity contribution < 1.29 is 0 Å². The first kappa shape index (κ1) is 22.1. The van der Waals surface area contributed by atoms with E-state index in [1.807, 2.05) is 30.9 Å². The Bertz CT molecular complexity index is 684. The van der Waals surface area contributed by atoms with Crippen LogP contribution in [0.4, 0.5) is 11.4 Å². The molecule has 1 atom stereocenters. The highest BCUT2D eigenvalue weighted by Crippen LogP contribution is 2.41. The first-order valence-corrected chi connectivity index (χ1v) is 10.3. The Morgan fingerprint density at radius 1 is 0.964 bits per heavy atom. The van der Waals surface area contributed by atoms with Crippen LogP contribution >= 0.6 is 0 Å². The van der Waals surface area contributed by atoms with Crippen LogP contribution in [0.2, 0.25) is 0 Å². The van der Waals surface area contributed by atoms with Crippen LogP contribution in [0.25, 0.3) is 0 Å². The van der Waals surface area contributed by atoms with Gasteiger partial charge >= 0.3 is 0 Å². The SMILES string of the molecule is C=C(CCCN(c1ccncc1)c1cccnc1)C(CC(C)(C)C)C(C)(C)C. The fraction of sp³-hybridized carbons (Fsp3) is 0.520. The second-order valence-electron chi connectivity index (χ2n) is 10.0. The van der Waals surface area contributed by atoms with E-state index < -0.39 is 0 Å². The van der Waals surface area contributed by atoms with E-state index in [2.05, 4.69) is 81.2 Å². The van der Waals surface area contributed by atoms with Gasteiger partial charge in [-0.15, -0.1) is 0 Å². The van der Waals surface area contributed by atoms with Crippen molar-refractivity contribution in [3.63, 3.8) is 0 Å². The van der Waals surface area contributed by atoms with Gasteiger partial charge in [0.15, 0.2) is 0 Å². The van der Waals surface area contributed by atoms with Crippen LogP contribution in [0.5, 0.6) is 0 Å². The number of allylic oxidation sites excluding steroid dienone is 1. The summed E-state index contributed by atoms with van der Waals surface area (Å²) in [5.74, 6) is 0.528. The van der Waals surface area contributed by atoms with Crippen molar-refractivity contribution in [2.45, 2.75) is 60.8 Å². The lowest BCUT2D eigenvalue weighted by Crippen LogP contribution is -2.27. The van der Waals surface area contributed by atoms with Gasteiger partial charge in [-0.1, -0.05) is 53.7 Å². The highest BCUT2D eigenvalue weighted by Gasteiger charge is 2.30. The van der Waals surface area contributed by atoms with Crippen LogP contribution in [0.15, 0.2) is 61.2 Å². The zero-order valence-electron chi connectivity index (χ0n) is 18.6. The first-order valence-electron chi connectivity index (χ1n) is 10.3. The Balaban J connectivity index is 2.08. The van der Waals surface area contributed by atoms with E-state index in [0.717, 1.165) is 30.8 Å². The van der Waals surface area contributed by atoms with Crippen molar-refractivity contribution >= 4 is 11.4 Å². The van der Waals surface area contributed by atoms with Gasteiger partial charge in [0.2, 0.25) is 0 Å². The average Bonchev–Trinajstić information content (AvgIpc) is 2.63. The van der Waals surface area contributed by atoms with Crippen LogP contribution in [0.1, 0.15) is 60.8 Å². The van der Waals surface area contributed by atoms with Crippen LogP contribution in [-0.2, 0) is 0 Å². The van der Waals surface area contributed by atoms with E-state index in [4.69, 9.17) is 0 Å². The molecule has 0 saturated heterocycles. The van der Waals surface area contributed by atoms with Crippen LogP contribution in [0.3, 0.4) is 0 Å². The maximum Gasteiger partial charge on any atom is 0.0597 e. The third kappa shape index (κ3) is 6.78. The molecule has 2 rings (SSSR count). The predicted molar refractivity (Wildman–Crippen MR) is 121 cm³/mol. The zero-order valence-corrected chi connectivity index (χ0v) is 18.6. The molecule has 2 aromatic rings. The second-order valence-corrected chi connectivity index (χ2v) is 10.0. The van der Waals surface area contributed by atoms with Crippen molar-refractivity contribution in [3.8, 4) is 0 Å². The molecule has 0 aromatic carbocycles. The number of pyridine rings is 2. The topological polar surface area (TPSA) is 29.0 Å². The number of anilines is 2. The minimum Gasteiger partial charge on any atom is -0.340 e. The number of aromatic nitrogens is 2. The lowest BCUT2D eigenvalue weighted by molar-refractivity contribution is 0.193. The molecule has 1 unspecified atom stereocenters. The number of nitrogens with zero attached hydrogens (tertiary/aromatic N) is 3. The van der Waals surface area contributed by atoms with Crippen molar-refractivity contribution in [2.75, 3.05) is 11.4 Å². The van der Waals surface area contributed by atoms with Crippen LogP contribution in [0, 0.1) is 16.7 Å². The normalized spacial score (nSPS) is 13.2. The van der Waals surface area contributed by atoms with Crippen molar-refractivity contribution in [3.05, 3.63) is 61.2 Å².